The molecule has 0 saturated carbocycles. The van der Waals surface area contributed by atoms with Crippen LogP contribution in [0.25, 0.3) is 0 Å². The van der Waals surface area contributed by atoms with E-state index in [4.69, 9.17) is 9.49 Å². The number of benzene rings is 1. The number of hydrogen-bond acceptors (Lipinski definition) is 5. The molecule has 0 radical (unpaired) electrons. The first-order chi connectivity index (χ1) is 12.4. The molecular formula is C17H36N8P2. The smallest absolute Gasteiger partial charge is 0.196 e. The largest absolute Gasteiger partial charge is 0.316 e. The van der Waals surface area contributed by atoms with Gasteiger partial charge in [0, 0.05) is 7.05 Å². The van der Waals surface area contributed by atoms with Crippen LogP contribution in [0.3, 0.4) is 0 Å². The summed E-state index contributed by atoms with van der Waals surface area (Å²) in [7, 11) is 19.1. The third kappa shape index (κ3) is 3.42. The van der Waals surface area contributed by atoms with Gasteiger partial charge in [-0.1, -0.05) is 6.07 Å². The van der Waals surface area contributed by atoms with Crippen LogP contribution < -0.4 is 4.67 Å². The molecule has 0 saturated heterocycles. The molecule has 2 rings (SSSR count). The summed E-state index contributed by atoms with van der Waals surface area (Å²) in [6, 6.07) is 6.32. The lowest BCUT2D eigenvalue weighted by molar-refractivity contribution is 0.474. The van der Waals surface area contributed by atoms with Crippen LogP contribution in [0.5, 0.6) is 0 Å². The van der Waals surface area contributed by atoms with Gasteiger partial charge < -0.3 is 4.67 Å². The van der Waals surface area contributed by atoms with Crippen molar-refractivity contribution in [3.05, 3.63) is 18.2 Å². The molecule has 1 aliphatic heterocycles. The van der Waals surface area contributed by atoms with Crippen molar-refractivity contribution in [2.24, 2.45) is 9.49 Å². The molecule has 8 nitrogen and oxygen atoms in total. The van der Waals surface area contributed by atoms with E-state index in [2.05, 4.69) is 124 Å². The van der Waals surface area contributed by atoms with Crippen molar-refractivity contribution >= 4 is 32.1 Å². The van der Waals surface area contributed by atoms with Crippen LogP contribution in [0.1, 0.15) is 0 Å². The quantitative estimate of drug-likeness (QED) is 0.653. The van der Waals surface area contributed by atoms with Crippen LogP contribution in [-0.4, -0.2) is 101 Å². The van der Waals surface area contributed by atoms with E-state index < -0.39 is 15.0 Å². The predicted molar refractivity (Wildman–Crippen MR) is 121 cm³/mol. The Morgan fingerprint density at radius 1 is 0.852 bits per heavy atom. The molecule has 0 fully saturated rings. The molecule has 0 spiro atoms. The first-order valence-electron chi connectivity index (χ1n) is 8.93. The Labute approximate surface area is 165 Å². The first kappa shape index (κ1) is 22.6. The second kappa shape index (κ2) is 7.96. The van der Waals surface area contributed by atoms with Gasteiger partial charge in [-0.2, -0.15) is 0 Å². The van der Waals surface area contributed by atoms with E-state index in [9.17, 15) is 0 Å². The Hall–Kier alpha value is -0.720. The number of anilines is 1. The molecule has 1 aromatic rings. The highest BCUT2D eigenvalue weighted by molar-refractivity contribution is 7.63. The molecule has 0 atom stereocenters. The summed E-state index contributed by atoms with van der Waals surface area (Å²) in [6.45, 7) is 0. The molecule has 0 aromatic heterocycles. The zero-order valence-electron chi connectivity index (χ0n) is 18.7. The van der Waals surface area contributed by atoms with Gasteiger partial charge in [0.15, 0.2) is 15.0 Å². The Morgan fingerprint density at radius 3 is 1.74 bits per heavy atom. The fraction of sp³-hybridized carbons (Fsp3) is 0.647. The normalized spacial score (nSPS) is 16.7. The summed E-state index contributed by atoms with van der Waals surface area (Å²) in [6.07, 6.45) is 0. The van der Waals surface area contributed by atoms with Gasteiger partial charge in [-0.05, 0) is 82.6 Å². The topological polar surface area (TPSA) is 44.2 Å². The molecule has 1 heterocycles. The van der Waals surface area contributed by atoms with Crippen molar-refractivity contribution in [2.45, 2.75) is 0 Å². The molecule has 0 bridgehead atoms. The number of hydrogen-bond donors (Lipinski definition) is 0. The minimum atomic E-state index is -2.04. The van der Waals surface area contributed by atoms with E-state index in [1.807, 2.05) is 0 Å². The maximum absolute atomic E-state index is 5.33. The Bertz CT molecular complexity index is 758. The SMILES string of the molecule is CN(C)P(=Nc1cccc2c1N=P(N(C)C)(N(C)C)N2C)(N(C)C)N(C)C. The summed E-state index contributed by atoms with van der Waals surface area (Å²) >= 11 is 0. The van der Waals surface area contributed by atoms with E-state index in [1.54, 1.807) is 0 Å². The molecule has 154 valence electrons. The van der Waals surface area contributed by atoms with Crippen molar-refractivity contribution in [1.29, 1.82) is 0 Å². The maximum atomic E-state index is 5.33. The molecule has 1 aromatic carbocycles. The molecule has 0 aliphatic carbocycles. The van der Waals surface area contributed by atoms with Gasteiger partial charge in [0.2, 0.25) is 0 Å². The molecule has 0 amide bonds. The minimum absolute atomic E-state index is 0.953. The molecule has 10 heteroatoms. The zero-order chi connectivity index (χ0) is 20.7. The van der Waals surface area contributed by atoms with Crippen molar-refractivity contribution in [3.8, 4) is 0 Å². The second-order valence-electron chi connectivity index (χ2n) is 7.68. The summed E-state index contributed by atoms with van der Waals surface area (Å²) in [4.78, 5) is 0. The predicted octanol–water partition coefficient (Wildman–Crippen LogP) is 4.10. The lowest BCUT2D eigenvalue weighted by Crippen LogP contribution is -2.30. The van der Waals surface area contributed by atoms with Crippen LogP contribution in [0.15, 0.2) is 27.7 Å². The molecule has 27 heavy (non-hydrogen) atoms. The molecule has 1 aliphatic rings. The van der Waals surface area contributed by atoms with Crippen LogP contribution in [0.4, 0.5) is 17.1 Å². The van der Waals surface area contributed by atoms with Gasteiger partial charge >= 0.3 is 0 Å². The van der Waals surface area contributed by atoms with Crippen molar-refractivity contribution in [2.75, 3.05) is 82.2 Å². The lowest BCUT2D eigenvalue weighted by atomic mass is 10.2. The summed E-state index contributed by atoms with van der Waals surface area (Å²) < 4.78 is 24.1. The van der Waals surface area contributed by atoms with Gasteiger partial charge in [0.25, 0.3) is 0 Å². The van der Waals surface area contributed by atoms with E-state index in [-0.39, 0.29) is 0 Å². The number of nitrogens with zero attached hydrogens (tertiary/aromatic N) is 8. The monoisotopic (exact) mass is 414 g/mol. The average molecular weight is 414 g/mol. The van der Waals surface area contributed by atoms with E-state index in [1.165, 1.54) is 0 Å². The molecular weight excluding hydrogens is 378 g/mol. The van der Waals surface area contributed by atoms with Crippen molar-refractivity contribution < 1.29 is 0 Å². The average Bonchev–Trinajstić information content (AvgIpc) is 2.86. The maximum Gasteiger partial charge on any atom is 0.196 e. The Kier molecular flexibility index (Phi) is 6.65. The highest BCUT2D eigenvalue weighted by Gasteiger charge is 2.39. The van der Waals surface area contributed by atoms with E-state index in [0.29, 0.717) is 0 Å². The van der Waals surface area contributed by atoms with Gasteiger partial charge in [0.1, 0.15) is 5.69 Å². The Morgan fingerprint density at radius 2 is 1.33 bits per heavy atom. The minimum Gasteiger partial charge on any atom is -0.316 e. The van der Waals surface area contributed by atoms with Gasteiger partial charge in [0.05, 0.1) is 11.4 Å². The second-order valence-corrected chi connectivity index (χ2v) is 14.8. The fourth-order valence-corrected chi connectivity index (χ4v) is 10.2. The van der Waals surface area contributed by atoms with Crippen LogP contribution in [0.2, 0.25) is 0 Å². The first-order valence-corrected chi connectivity index (χ1v) is 12.1. The van der Waals surface area contributed by atoms with Gasteiger partial charge in [-0.25, -0.2) is 18.8 Å². The van der Waals surface area contributed by atoms with Crippen LogP contribution in [-0.2, 0) is 0 Å². The Balaban J connectivity index is 2.85. The van der Waals surface area contributed by atoms with Crippen molar-refractivity contribution in [1.82, 2.24) is 23.4 Å². The molecule has 0 N–H and O–H groups in total. The van der Waals surface area contributed by atoms with E-state index in [0.717, 1.165) is 17.1 Å². The van der Waals surface area contributed by atoms with Crippen molar-refractivity contribution in [3.63, 3.8) is 0 Å². The highest BCUT2D eigenvalue weighted by Crippen LogP contribution is 2.68. The number of fused-ring (bicyclic) bond motifs is 1. The van der Waals surface area contributed by atoms with Gasteiger partial charge in [-0.15, -0.1) is 0 Å². The van der Waals surface area contributed by atoms with Crippen LogP contribution >= 0.6 is 15.0 Å². The zero-order valence-corrected chi connectivity index (χ0v) is 20.5. The third-order valence-electron chi connectivity index (χ3n) is 4.90. The third-order valence-corrected chi connectivity index (χ3v) is 12.2. The number of rotatable bonds is 6. The van der Waals surface area contributed by atoms with E-state index >= 15 is 0 Å². The van der Waals surface area contributed by atoms with Gasteiger partial charge in [-0.3, -0.25) is 14.0 Å². The standard InChI is InChI=1S/C17H36N8P2/c1-20(2)26(21(3)4,22(5)6)18-15-13-12-14-16-17(15)19-27(23(7)8,24(9)10)25(16)11/h12-14H,1-11H3. The summed E-state index contributed by atoms with van der Waals surface area (Å²) in [5, 5.41) is 0. The summed E-state index contributed by atoms with van der Waals surface area (Å²) in [5.41, 5.74) is 3.08. The summed E-state index contributed by atoms with van der Waals surface area (Å²) in [5.74, 6) is 0. The lowest BCUT2D eigenvalue weighted by Gasteiger charge is -2.41. The van der Waals surface area contributed by atoms with Crippen LogP contribution in [0, 0.1) is 0 Å². The molecule has 0 unspecified atom stereocenters. The highest BCUT2D eigenvalue weighted by atomic mass is 31.2. The fourth-order valence-electron chi connectivity index (χ4n) is 3.87.